The third-order valence-electron chi connectivity index (χ3n) is 3.91. The number of nitrogens with zero attached hydrogens (tertiary/aromatic N) is 1. The molecule has 134 valence electrons. The molecule has 0 fully saturated rings. The Morgan fingerprint density at radius 3 is 2.32 bits per heavy atom. The van der Waals surface area contributed by atoms with Crippen molar-refractivity contribution in [3.05, 3.63) is 46.8 Å². The molecule has 2 rings (SSSR count). The summed E-state index contributed by atoms with van der Waals surface area (Å²) in [5.74, 6) is -0.643. The number of anilines is 1. The van der Waals surface area contributed by atoms with Crippen molar-refractivity contribution in [3.8, 4) is 0 Å². The van der Waals surface area contributed by atoms with Crippen molar-refractivity contribution in [2.45, 2.75) is 25.7 Å². The maximum Gasteiger partial charge on any atom is 0.272 e. The average molecular weight is 363 g/mol. The molecule has 2 N–H and O–H groups in total. The van der Waals surface area contributed by atoms with Crippen LogP contribution in [0.15, 0.2) is 29.2 Å². The summed E-state index contributed by atoms with van der Waals surface area (Å²) in [6, 6.07) is 6.17. The zero-order chi connectivity index (χ0) is 18.9. The number of aromatic nitrogens is 1. The normalized spacial score (nSPS) is 13.6. The predicted octanol–water partition coefficient (Wildman–Crippen LogP) is 2.55. The zero-order valence-electron chi connectivity index (χ0n) is 14.8. The molecule has 0 saturated heterocycles. The Bertz CT molecular complexity index is 886. The number of hydrogen-bond acceptors (Lipinski definition) is 4. The smallest absolute Gasteiger partial charge is 0.272 e. The van der Waals surface area contributed by atoms with Crippen LogP contribution in [0.5, 0.6) is 0 Å². The van der Waals surface area contributed by atoms with Gasteiger partial charge in [-0.2, -0.15) is 0 Å². The Hall–Kier alpha value is -2.29. The Kier molecular flexibility index (Phi) is 5.26. The molecule has 25 heavy (non-hydrogen) atoms. The lowest BCUT2D eigenvalue weighted by Crippen LogP contribution is -2.30. The number of aromatic amines is 1. The number of benzene rings is 1. The molecule has 0 aliphatic carbocycles. The second-order valence-corrected chi connectivity index (χ2v) is 8.04. The number of rotatable bonds is 5. The molecule has 0 bridgehead atoms. The first-order valence-corrected chi connectivity index (χ1v) is 9.04. The van der Waals surface area contributed by atoms with E-state index >= 15 is 0 Å². The molecule has 8 heteroatoms. The van der Waals surface area contributed by atoms with Crippen molar-refractivity contribution in [2.75, 3.05) is 19.4 Å². The Morgan fingerprint density at radius 1 is 1.20 bits per heavy atom. The molecule has 1 aromatic heterocycles. The fourth-order valence-electron chi connectivity index (χ4n) is 2.68. The fraction of sp³-hybridized carbons (Fsp3) is 0.294. The quantitative estimate of drug-likeness (QED) is 0.629. The largest absolute Gasteiger partial charge is 0.593 e. The van der Waals surface area contributed by atoms with Gasteiger partial charge in [0.05, 0.1) is 5.69 Å². The Labute approximate surface area is 147 Å². The second kappa shape index (κ2) is 6.91. The summed E-state index contributed by atoms with van der Waals surface area (Å²) in [6.45, 7) is 4.83. The number of carbonyl (C=O) groups excluding carboxylic acids is 2. The minimum Gasteiger partial charge on any atom is -0.593 e. The number of para-hydroxylation sites is 1. The van der Waals surface area contributed by atoms with Gasteiger partial charge >= 0.3 is 0 Å². The molecule has 0 aliphatic heterocycles. The fourth-order valence-corrected chi connectivity index (χ4v) is 3.72. The monoisotopic (exact) mass is 363 g/mol. The van der Waals surface area contributed by atoms with Gasteiger partial charge in [-0.05, 0) is 38.5 Å². The van der Waals surface area contributed by atoms with E-state index in [1.807, 2.05) is 0 Å². The topological polar surface area (TPSA) is 105 Å². The summed E-state index contributed by atoms with van der Waals surface area (Å²) in [5.41, 5.74) is 2.02. The standard InChI is InChI=1S/C17H21N3O4S/c1-10-15(12(3)21)11(2)18-16(10)17(22)19-13-8-6-7-9-14(13)25(23,24)20(4)5/h6-9H,1-5H3,(H2-,18,19,21,22,23,24). The highest BCUT2D eigenvalue weighted by atomic mass is 32.3. The third-order valence-corrected chi connectivity index (χ3v) is 5.78. The number of sulfonamides is 1. The molecule has 1 aromatic carbocycles. The maximum absolute atomic E-state index is 12.6. The number of nitrogens with one attached hydrogen (secondary N) is 2. The molecule has 2 aromatic rings. The minimum absolute atomic E-state index is 0.000993. The number of hydrogen-bond donors (Lipinski definition) is 2. The first-order valence-electron chi connectivity index (χ1n) is 7.60. The highest BCUT2D eigenvalue weighted by Gasteiger charge is 2.28. The molecule has 1 heterocycles. The van der Waals surface area contributed by atoms with Crippen LogP contribution in [0.25, 0.3) is 0 Å². The summed E-state index contributed by atoms with van der Waals surface area (Å²) in [6.07, 6.45) is 0. The lowest BCUT2D eigenvalue weighted by Gasteiger charge is -2.22. The van der Waals surface area contributed by atoms with Crippen molar-refractivity contribution in [3.63, 3.8) is 0 Å². The molecule has 1 atom stereocenters. The number of aryl methyl sites for hydroxylation is 1. The van der Waals surface area contributed by atoms with Crippen molar-refractivity contribution in [1.82, 2.24) is 9.29 Å². The van der Waals surface area contributed by atoms with Crippen molar-refractivity contribution >= 4 is 27.8 Å². The van der Waals surface area contributed by atoms with Crippen LogP contribution in [0.1, 0.15) is 39.0 Å². The number of ketones is 1. The molecule has 0 aliphatic rings. The van der Waals surface area contributed by atoms with Gasteiger partial charge in [-0.15, -0.1) is 4.31 Å². The van der Waals surface area contributed by atoms with Gasteiger partial charge in [0.25, 0.3) is 5.91 Å². The third kappa shape index (κ3) is 3.55. The number of Topliss-reactive ketones (excluding diaryl/α,β-unsaturated/α-hetero) is 1. The molecular weight excluding hydrogens is 342 g/mol. The van der Waals surface area contributed by atoms with E-state index in [9.17, 15) is 18.4 Å². The summed E-state index contributed by atoms with van der Waals surface area (Å²) >= 11 is 0. The van der Waals surface area contributed by atoms with E-state index in [4.69, 9.17) is 0 Å². The summed E-state index contributed by atoms with van der Waals surface area (Å²) in [4.78, 5) is 27.2. The molecular formula is C17H21N3O4S. The van der Waals surface area contributed by atoms with E-state index in [1.165, 1.54) is 33.2 Å². The van der Waals surface area contributed by atoms with E-state index < -0.39 is 16.3 Å². The first kappa shape index (κ1) is 19.0. The minimum atomic E-state index is -3.71. The number of amides is 1. The van der Waals surface area contributed by atoms with E-state index in [1.54, 1.807) is 26.0 Å². The van der Waals surface area contributed by atoms with Gasteiger partial charge in [0.2, 0.25) is 0 Å². The summed E-state index contributed by atoms with van der Waals surface area (Å²) in [5, 5.41) is 2.62. The van der Waals surface area contributed by atoms with Crippen molar-refractivity contribution < 1.29 is 18.4 Å². The van der Waals surface area contributed by atoms with Crippen LogP contribution >= 0.6 is 0 Å². The van der Waals surface area contributed by atoms with Gasteiger partial charge in [-0.1, -0.05) is 16.3 Å². The summed E-state index contributed by atoms with van der Waals surface area (Å²) in [7, 11) is -0.863. The van der Waals surface area contributed by atoms with Crippen LogP contribution in [0.4, 0.5) is 5.69 Å². The van der Waals surface area contributed by atoms with E-state index in [0.29, 0.717) is 16.8 Å². The SMILES string of the molecule is CC(=O)c1c(C)[nH]c(C(=O)Nc2ccccc2[S+](=O)([O-])N(C)C)c1C. The van der Waals surface area contributed by atoms with Crippen molar-refractivity contribution in [1.29, 1.82) is 0 Å². The average Bonchev–Trinajstić information content (AvgIpc) is 2.82. The van der Waals surface area contributed by atoms with E-state index in [-0.39, 0.29) is 22.1 Å². The van der Waals surface area contributed by atoms with Gasteiger partial charge in [0, 0.05) is 25.4 Å². The van der Waals surface area contributed by atoms with Gasteiger partial charge in [-0.25, -0.2) is 0 Å². The molecule has 1 amide bonds. The highest BCUT2D eigenvalue weighted by molar-refractivity contribution is 7.95. The lowest BCUT2D eigenvalue weighted by atomic mass is 10.1. The predicted molar refractivity (Wildman–Crippen MR) is 95.4 cm³/mol. The van der Waals surface area contributed by atoms with Gasteiger partial charge in [0.1, 0.15) is 5.69 Å². The highest BCUT2D eigenvalue weighted by Crippen LogP contribution is 2.28. The molecule has 0 radical (unpaired) electrons. The lowest BCUT2D eigenvalue weighted by molar-refractivity contribution is 0.101. The molecule has 0 saturated carbocycles. The first-order chi connectivity index (χ1) is 11.6. The van der Waals surface area contributed by atoms with E-state index in [2.05, 4.69) is 10.3 Å². The van der Waals surface area contributed by atoms with Gasteiger partial charge in [0.15, 0.2) is 21.1 Å². The zero-order valence-corrected chi connectivity index (χ0v) is 15.6. The van der Waals surface area contributed by atoms with Crippen LogP contribution in [0, 0.1) is 13.8 Å². The number of H-pyrrole nitrogens is 1. The van der Waals surface area contributed by atoms with Crippen LogP contribution in [0.2, 0.25) is 0 Å². The second-order valence-electron chi connectivity index (χ2n) is 5.92. The van der Waals surface area contributed by atoms with Crippen LogP contribution in [-0.4, -0.2) is 39.6 Å². The van der Waals surface area contributed by atoms with E-state index in [0.717, 1.165) is 4.31 Å². The molecule has 1 unspecified atom stereocenters. The van der Waals surface area contributed by atoms with Gasteiger partial charge in [-0.3, -0.25) is 9.59 Å². The van der Waals surface area contributed by atoms with Gasteiger partial charge < -0.3 is 14.9 Å². The Morgan fingerprint density at radius 2 is 1.80 bits per heavy atom. The van der Waals surface area contributed by atoms with Crippen LogP contribution < -0.4 is 5.32 Å². The summed E-state index contributed by atoms with van der Waals surface area (Å²) < 4.78 is 25.9. The maximum atomic E-state index is 12.6. The van der Waals surface area contributed by atoms with Crippen LogP contribution in [0.3, 0.4) is 0 Å². The molecule has 0 spiro atoms. The Balaban J connectivity index is 2.43. The molecule has 7 nitrogen and oxygen atoms in total. The number of carbonyl (C=O) groups is 2. The van der Waals surface area contributed by atoms with Crippen molar-refractivity contribution in [2.24, 2.45) is 0 Å². The van der Waals surface area contributed by atoms with Crippen LogP contribution in [-0.2, 0) is 14.6 Å².